The van der Waals surface area contributed by atoms with Gasteiger partial charge in [0, 0.05) is 15.5 Å². The number of thiophene rings is 1. The van der Waals surface area contributed by atoms with Gasteiger partial charge in [-0.3, -0.25) is 9.89 Å². The van der Waals surface area contributed by atoms with E-state index in [4.69, 9.17) is 11.6 Å². The number of benzene rings is 1. The summed E-state index contributed by atoms with van der Waals surface area (Å²) in [6, 6.07) is 9.60. The topological polar surface area (TPSA) is 94.5 Å². The molecule has 2 N–H and O–H groups in total. The van der Waals surface area contributed by atoms with Gasteiger partial charge >= 0.3 is 0 Å². The van der Waals surface area contributed by atoms with Crippen molar-refractivity contribution in [1.29, 1.82) is 5.26 Å². The van der Waals surface area contributed by atoms with Crippen LogP contribution in [0.3, 0.4) is 0 Å². The smallest absolute Gasteiger partial charge is 0.235 e. The number of carbonyl (C=O) groups is 1. The summed E-state index contributed by atoms with van der Waals surface area (Å²) in [6.07, 6.45) is 2.94. The lowest BCUT2D eigenvalue weighted by molar-refractivity contribution is -0.113. The van der Waals surface area contributed by atoms with Crippen LogP contribution in [-0.4, -0.2) is 26.8 Å². The number of thioether (sulfide) groups is 1. The summed E-state index contributed by atoms with van der Waals surface area (Å²) in [4.78, 5) is 18.3. The van der Waals surface area contributed by atoms with Crippen molar-refractivity contribution < 1.29 is 4.79 Å². The largest absolute Gasteiger partial charge is 0.316 e. The fraction of sp³-hybridized carbons (Fsp3) is 0.391. The molecule has 2 aromatic heterocycles. The molecule has 1 atom stereocenters. The quantitative estimate of drug-likeness (QED) is 0.436. The molecule has 0 fully saturated rings. The number of hydrogen-bond donors (Lipinski definition) is 2. The Bertz CT molecular complexity index is 1170. The number of amides is 1. The third-order valence-corrected chi connectivity index (χ3v) is 8.04. The number of H-pyrrole nitrogens is 1. The first-order valence-electron chi connectivity index (χ1n) is 10.4. The summed E-state index contributed by atoms with van der Waals surface area (Å²) in [5.74, 6) is 1.20. The third-order valence-electron chi connectivity index (χ3n) is 5.77. The minimum absolute atomic E-state index is 0.163. The maximum atomic E-state index is 12.6. The Balaban J connectivity index is 1.39. The van der Waals surface area contributed by atoms with Gasteiger partial charge < -0.3 is 5.32 Å². The molecule has 4 rings (SSSR count). The van der Waals surface area contributed by atoms with Gasteiger partial charge in [0.05, 0.1) is 11.3 Å². The number of carbonyl (C=O) groups excluding carboxylic acids is 1. The summed E-state index contributed by atoms with van der Waals surface area (Å²) >= 11 is 8.72. The molecule has 6 nitrogen and oxygen atoms in total. The summed E-state index contributed by atoms with van der Waals surface area (Å²) in [5.41, 5.74) is 2.84. The van der Waals surface area contributed by atoms with Crippen LogP contribution < -0.4 is 5.32 Å². The minimum atomic E-state index is -0.171. The van der Waals surface area contributed by atoms with Crippen LogP contribution in [0.25, 0.3) is 11.4 Å². The van der Waals surface area contributed by atoms with Crippen LogP contribution in [0.1, 0.15) is 43.2 Å². The van der Waals surface area contributed by atoms with Crippen LogP contribution in [0.15, 0.2) is 29.4 Å². The molecule has 32 heavy (non-hydrogen) atoms. The monoisotopic (exact) mass is 485 g/mol. The van der Waals surface area contributed by atoms with E-state index in [-0.39, 0.29) is 17.1 Å². The molecule has 1 aliphatic carbocycles. The number of anilines is 1. The Labute approximate surface area is 200 Å². The Morgan fingerprint density at radius 1 is 1.38 bits per heavy atom. The highest BCUT2D eigenvalue weighted by molar-refractivity contribution is 7.99. The standard InChI is InChI=1S/C23H24ClN5OS2/c1-23(2,3)14-6-9-16-17(11-25)21(32-18(16)10-14)26-19(30)12-31-22-27-20(28-29-22)13-4-7-15(24)8-5-13/h4-5,7-8,14H,6,9-10,12H2,1-3H3,(H,26,30)(H,27,28,29)/t14-/m0/s1. The summed E-state index contributed by atoms with van der Waals surface area (Å²) in [5, 5.41) is 21.5. The predicted molar refractivity (Wildman–Crippen MR) is 130 cm³/mol. The normalized spacial score (nSPS) is 15.8. The molecule has 1 amide bonds. The number of aromatic amines is 1. The molecular formula is C23H24ClN5OS2. The van der Waals surface area contributed by atoms with E-state index in [1.54, 1.807) is 23.5 Å². The van der Waals surface area contributed by atoms with Gasteiger partial charge in [-0.2, -0.15) is 5.26 Å². The molecule has 0 radical (unpaired) electrons. The molecule has 3 aromatic rings. The Kier molecular flexibility index (Phi) is 6.61. The fourth-order valence-corrected chi connectivity index (χ4v) is 5.89. The lowest BCUT2D eigenvalue weighted by atomic mass is 9.72. The zero-order chi connectivity index (χ0) is 22.9. The molecule has 0 saturated heterocycles. The molecule has 0 unspecified atom stereocenters. The van der Waals surface area contributed by atoms with Crippen molar-refractivity contribution in [2.45, 2.75) is 45.2 Å². The second kappa shape index (κ2) is 9.26. The molecule has 0 bridgehead atoms. The van der Waals surface area contributed by atoms with E-state index in [1.807, 2.05) is 12.1 Å². The number of aromatic nitrogens is 3. The molecule has 1 aromatic carbocycles. The van der Waals surface area contributed by atoms with E-state index in [1.165, 1.54) is 16.6 Å². The zero-order valence-corrected chi connectivity index (χ0v) is 20.5. The number of halogens is 1. The van der Waals surface area contributed by atoms with Gasteiger partial charge in [-0.15, -0.1) is 16.4 Å². The summed E-state index contributed by atoms with van der Waals surface area (Å²) < 4.78 is 0. The number of rotatable bonds is 5. The van der Waals surface area contributed by atoms with E-state index in [9.17, 15) is 10.1 Å². The maximum absolute atomic E-state index is 12.6. The van der Waals surface area contributed by atoms with Crippen molar-refractivity contribution in [1.82, 2.24) is 15.2 Å². The average Bonchev–Trinajstić information content (AvgIpc) is 3.35. The number of nitrogens with zero attached hydrogens (tertiary/aromatic N) is 3. The third kappa shape index (κ3) is 5.01. The number of nitrogens with one attached hydrogen (secondary N) is 2. The summed E-state index contributed by atoms with van der Waals surface area (Å²) in [7, 11) is 0. The van der Waals surface area contributed by atoms with E-state index >= 15 is 0 Å². The Morgan fingerprint density at radius 3 is 2.81 bits per heavy atom. The SMILES string of the molecule is CC(C)(C)[C@H]1CCc2c(sc(NC(=O)CSc3n[nH]c(-c4ccc(Cl)cc4)n3)c2C#N)C1. The highest BCUT2D eigenvalue weighted by Crippen LogP contribution is 2.44. The van der Waals surface area contributed by atoms with Gasteiger partial charge in [-0.25, -0.2) is 4.98 Å². The van der Waals surface area contributed by atoms with Crippen molar-refractivity contribution >= 4 is 45.6 Å². The predicted octanol–water partition coefficient (Wildman–Crippen LogP) is 5.94. The number of nitriles is 1. The molecule has 166 valence electrons. The average molecular weight is 486 g/mol. The summed E-state index contributed by atoms with van der Waals surface area (Å²) in [6.45, 7) is 6.80. The molecule has 2 heterocycles. The lowest BCUT2D eigenvalue weighted by Gasteiger charge is -2.33. The van der Waals surface area contributed by atoms with Crippen LogP contribution in [0.5, 0.6) is 0 Å². The van der Waals surface area contributed by atoms with E-state index in [0.29, 0.717) is 32.5 Å². The van der Waals surface area contributed by atoms with E-state index in [2.05, 4.69) is 47.3 Å². The van der Waals surface area contributed by atoms with Crippen LogP contribution in [0.2, 0.25) is 5.02 Å². The molecule has 9 heteroatoms. The Morgan fingerprint density at radius 2 is 2.12 bits per heavy atom. The molecular weight excluding hydrogens is 462 g/mol. The van der Waals surface area contributed by atoms with Crippen molar-refractivity contribution in [2.75, 3.05) is 11.1 Å². The van der Waals surface area contributed by atoms with Crippen LogP contribution in [0, 0.1) is 22.7 Å². The van der Waals surface area contributed by atoms with E-state index in [0.717, 1.165) is 30.4 Å². The van der Waals surface area contributed by atoms with Crippen molar-refractivity contribution in [2.24, 2.45) is 11.3 Å². The lowest BCUT2D eigenvalue weighted by Crippen LogP contribution is -2.26. The first-order chi connectivity index (χ1) is 15.2. The maximum Gasteiger partial charge on any atom is 0.235 e. The molecule has 1 aliphatic rings. The van der Waals surface area contributed by atoms with Crippen LogP contribution in [-0.2, 0) is 17.6 Å². The van der Waals surface area contributed by atoms with Gasteiger partial charge in [0.15, 0.2) is 5.82 Å². The van der Waals surface area contributed by atoms with Gasteiger partial charge in [0.25, 0.3) is 0 Å². The fourth-order valence-electron chi connectivity index (χ4n) is 3.87. The van der Waals surface area contributed by atoms with Gasteiger partial charge in [-0.05, 0) is 60.4 Å². The highest BCUT2D eigenvalue weighted by Gasteiger charge is 2.32. The second-order valence-corrected chi connectivity index (χ2v) is 11.4. The molecule has 0 aliphatic heterocycles. The van der Waals surface area contributed by atoms with Gasteiger partial charge in [0.1, 0.15) is 11.1 Å². The Hall–Kier alpha value is -2.34. The van der Waals surface area contributed by atoms with Crippen molar-refractivity contribution in [3.63, 3.8) is 0 Å². The van der Waals surface area contributed by atoms with Gasteiger partial charge in [-0.1, -0.05) is 44.1 Å². The molecule has 0 saturated carbocycles. The number of fused-ring (bicyclic) bond motifs is 1. The van der Waals surface area contributed by atoms with Crippen LogP contribution >= 0.6 is 34.7 Å². The molecule has 0 spiro atoms. The number of hydrogen-bond acceptors (Lipinski definition) is 6. The zero-order valence-electron chi connectivity index (χ0n) is 18.2. The van der Waals surface area contributed by atoms with Crippen molar-refractivity contribution in [3.8, 4) is 17.5 Å². The van der Waals surface area contributed by atoms with Gasteiger partial charge in [0.2, 0.25) is 11.1 Å². The second-order valence-electron chi connectivity index (χ2n) is 8.94. The first-order valence-corrected chi connectivity index (χ1v) is 12.6. The van der Waals surface area contributed by atoms with Crippen LogP contribution in [0.4, 0.5) is 5.00 Å². The van der Waals surface area contributed by atoms with E-state index < -0.39 is 0 Å². The van der Waals surface area contributed by atoms with Crippen molar-refractivity contribution in [3.05, 3.63) is 45.3 Å². The highest BCUT2D eigenvalue weighted by atomic mass is 35.5. The first kappa shape index (κ1) is 22.8. The minimum Gasteiger partial charge on any atom is -0.316 e.